The summed E-state index contributed by atoms with van der Waals surface area (Å²) >= 11 is 0. The predicted octanol–water partition coefficient (Wildman–Crippen LogP) is 3.71. The lowest BCUT2D eigenvalue weighted by atomic mass is 10.00. The fraction of sp³-hybridized carbons (Fsp3) is 0.375. The van der Waals surface area contributed by atoms with Crippen molar-refractivity contribution in [3.63, 3.8) is 0 Å². The molecule has 0 unspecified atom stereocenters. The molecule has 0 radical (unpaired) electrons. The van der Waals surface area contributed by atoms with Gasteiger partial charge >= 0.3 is 6.16 Å². The van der Waals surface area contributed by atoms with E-state index in [1.54, 1.807) is 0 Å². The lowest BCUT2D eigenvalue weighted by Gasteiger charge is -2.11. The highest BCUT2D eigenvalue weighted by molar-refractivity contribution is 6.00. The molecule has 0 aromatic heterocycles. The first-order valence-corrected chi connectivity index (χ1v) is 6.87. The number of carbonyl (C=O) groups excluding carboxylic acids is 2. The molecule has 1 aromatic rings. The highest BCUT2D eigenvalue weighted by Crippen LogP contribution is 2.28. The van der Waals surface area contributed by atoms with E-state index < -0.39 is 6.16 Å². The Balaban J connectivity index is 2.23. The molecule has 1 saturated carbocycles. The van der Waals surface area contributed by atoms with Gasteiger partial charge in [-0.25, -0.2) is 9.18 Å². The van der Waals surface area contributed by atoms with Crippen molar-refractivity contribution in [1.29, 1.82) is 0 Å². The third kappa shape index (κ3) is 4.15. The van der Waals surface area contributed by atoms with E-state index in [9.17, 15) is 14.0 Å². The molecule has 21 heavy (non-hydrogen) atoms. The molecular formula is C16H17FO4. The van der Waals surface area contributed by atoms with Crippen LogP contribution >= 0.6 is 0 Å². The van der Waals surface area contributed by atoms with E-state index in [1.807, 2.05) is 0 Å². The second-order valence-electron chi connectivity index (χ2n) is 4.96. The highest BCUT2D eigenvalue weighted by atomic mass is 19.1. The molecule has 1 aromatic carbocycles. The SMILES string of the molecule is COC(=O)OC(=Cc1ccc(F)cc1)C(=O)C1CCCC1. The third-order valence-corrected chi connectivity index (χ3v) is 3.50. The normalized spacial score (nSPS) is 15.8. The maximum Gasteiger partial charge on any atom is 0.513 e. The van der Waals surface area contributed by atoms with Crippen molar-refractivity contribution in [2.45, 2.75) is 25.7 Å². The molecule has 112 valence electrons. The van der Waals surface area contributed by atoms with Gasteiger partial charge in [-0.2, -0.15) is 0 Å². The molecule has 0 amide bonds. The number of halogens is 1. The number of rotatable bonds is 4. The van der Waals surface area contributed by atoms with E-state index in [0.717, 1.165) is 25.7 Å². The number of methoxy groups -OCH3 is 1. The van der Waals surface area contributed by atoms with Crippen LogP contribution in [-0.2, 0) is 14.3 Å². The Hall–Kier alpha value is -2.17. The van der Waals surface area contributed by atoms with Crippen molar-refractivity contribution in [2.75, 3.05) is 7.11 Å². The molecule has 1 aliphatic rings. The van der Waals surface area contributed by atoms with Crippen molar-refractivity contribution in [3.05, 3.63) is 41.4 Å². The summed E-state index contributed by atoms with van der Waals surface area (Å²) in [6.45, 7) is 0. The summed E-state index contributed by atoms with van der Waals surface area (Å²) in [5, 5.41) is 0. The summed E-state index contributed by atoms with van der Waals surface area (Å²) in [5.41, 5.74) is 0.585. The van der Waals surface area contributed by atoms with Gasteiger partial charge in [-0.1, -0.05) is 25.0 Å². The quantitative estimate of drug-likeness (QED) is 0.482. The van der Waals surface area contributed by atoms with Crippen LogP contribution in [0.2, 0.25) is 0 Å². The molecule has 0 atom stereocenters. The fourth-order valence-electron chi connectivity index (χ4n) is 2.38. The van der Waals surface area contributed by atoms with Gasteiger partial charge in [0.2, 0.25) is 5.78 Å². The van der Waals surface area contributed by atoms with Crippen LogP contribution in [0.4, 0.5) is 9.18 Å². The number of hydrogen-bond acceptors (Lipinski definition) is 4. The molecule has 0 spiro atoms. The fourth-order valence-corrected chi connectivity index (χ4v) is 2.38. The van der Waals surface area contributed by atoms with E-state index in [-0.39, 0.29) is 23.3 Å². The summed E-state index contributed by atoms with van der Waals surface area (Å²) in [6, 6.07) is 5.58. The molecule has 1 aliphatic carbocycles. The standard InChI is InChI=1S/C16H17FO4/c1-20-16(19)21-14(15(18)12-4-2-3-5-12)10-11-6-8-13(17)9-7-11/h6-10,12H,2-5H2,1H3. The molecule has 0 heterocycles. The first-order chi connectivity index (χ1) is 10.1. The zero-order valence-corrected chi connectivity index (χ0v) is 11.8. The zero-order valence-electron chi connectivity index (χ0n) is 11.8. The Morgan fingerprint density at radius 1 is 1.19 bits per heavy atom. The first kappa shape index (κ1) is 15.2. The number of hydrogen-bond donors (Lipinski definition) is 0. The zero-order chi connectivity index (χ0) is 15.2. The Morgan fingerprint density at radius 3 is 2.38 bits per heavy atom. The third-order valence-electron chi connectivity index (χ3n) is 3.50. The molecule has 0 aliphatic heterocycles. The second kappa shape index (κ2) is 7.02. The number of allylic oxidation sites excluding steroid dienone is 1. The Labute approximate surface area is 122 Å². The lowest BCUT2D eigenvalue weighted by molar-refractivity contribution is -0.121. The van der Waals surface area contributed by atoms with Crippen molar-refractivity contribution >= 4 is 18.0 Å². The van der Waals surface area contributed by atoms with E-state index in [1.165, 1.54) is 37.5 Å². The van der Waals surface area contributed by atoms with Gasteiger partial charge in [0.15, 0.2) is 5.76 Å². The van der Waals surface area contributed by atoms with Crippen LogP contribution < -0.4 is 0 Å². The molecule has 1 fully saturated rings. The van der Waals surface area contributed by atoms with Crippen LogP contribution in [0, 0.1) is 11.7 Å². The number of benzene rings is 1. The van der Waals surface area contributed by atoms with Crippen LogP contribution in [0.15, 0.2) is 30.0 Å². The largest absolute Gasteiger partial charge is 0.513 e. The molecule has 5 heteroatoms. The van der Waals surface area contributed by atoms with E-state index in [4.69, 9.17) is 4.74 Å². The Morgan fingerprint density at radius 2 is 1.81 bits per heavy atom. The summed E-state index contributed by atoms with van der Waals surface area (Å²) in [6.07, 6.45) is 4.09. The van der Waals surface area contributed by atoms with Crippen molar-refractivity contribution in [1.82, 2.24) is 0 Å². The van der Waals surface area contributed by atoms with Gasteiger partial charge in [-0.05, 0) is 36.6 Å². The van der Waals surface area contributed by atoms with E-state index in [0.29, 0.717) is 5.56 Å². The van der Waals surface area contributed by atoms with Crippen LogP contribution in [0.5, 0.6) is 0 Å². The molecule has 0 bridgehead atoms. The summed E-state index contributed by atoms with van der Waals surface area (Å²) < 4.78 is 22.3. The van der Waals surface area contributed by atoms with Crippen molar-refractivity contribution in [3.8, 4) is 0 Å². The summed E-state index contributed by atoms with van der Waals surface area (Å²) in [4.78, 5) is 23.7. The minimum absolute atomic E-state index is 0.0552. The average molecular weight is 292 g/mol. The van der Waals surface area contributed by atoms with Crippen LogP contribution in [0.1, 0.15) is 31.2 Å². The van der Waals surface area contributed by atoms with Gasteiger partial charge in [0.25, 0.3) is 0 Å². The topological polar surface area (TPSA) is 52.6 Å². The van der Waals surface area contributed by atoms with Crippen LogP contribution in [0.3, 0.4) is 0 Å². The van der Waals surface area contributed by atoms with Crippen LogP contribution in [-0.4, -0.2) is 19.0 Å². The number of Topliss-reactive ketones (excluding diaryl/α,β-unsaturated/α-hetero) is 1. The van der Waals surface area contributed by atoms with Gasteiger partial charge in [-0.3, -0.25) is 4.79 Å². The Kier molecular flexibility index (Phi) is 5.09. The number of carbonyl (C=O) groups is 2. The van der Waals surface area contributed by atoms with Crippen LogP contribution in [0.25, 0.3) is 6.08 Å². The lowest BCUT2D eigenvalue weighted by Crippen LogP contribution is -2.18. The van der Waals surface area contributed by atoms with E-state index in [2.05, 4.69) is 4.74 Å². The van der Waals surface area contributed by atoms with Crippen molar-refractivity contribution < 1.29 is 23.5 Å². The molecule has 0 N–H and O–H groups in total. The minimum Gasteiger partial charge on any atom is -0.437 e. The first-order valence-electron chi connectivity index (χ1n) is 6.87. The van der Waals surface area contributed by atoms with Crippen molar-refractivity contribution in [2.24, 2.45) is 5.92 Å². The van der Waals surface area contributed by atoms with Gasteiger partial charge in [0.1, 0.15) is 5.82 Å². The molecule has 4 nitrogen and oxygen atoms in total. The monoisotopic (exact) mass is 292 g/mol. The maximum absolute atomic E-state index is 12.9. The summed E-state index contributed by atoms with van der Waals surface area (Å²) in [7, 11) is 1.18. The molecule has 2 rings (SSSR count). The smallest absolute Gasteiger partial charge is 0.437 e. The van der Waals surface area contributed by atoms with Gasteiger partial charge in [0.05, 0.1) is 7.11 Å². The Bertz CT molecular complexity index is 542. The highest BCUT2D eigenvalue weighted by Gasteiger charge is 2.28. The minimum atomic E-state index is -0.935. The van der Waals surface area contributed by atoms with Gasteiger partial charge < -0.3 is 9.47 Å². The summed E-state index contributed by atoms with van der Waals surface area (Å²) in [5.74, 6) is -0.756. The average Bonchev–Trinajstić information content (AvgIpc) is 3.02. The number of ketones is 1. The molecular weight excluding hydrogens is 275 g/mol. The number of ether oxygens (including phenoxy) is 2. The van der Waals surface area contributed by atoms with E-state index >= 15 is 0 Å². The maximum atomic E-state index is 12.9. The van der Waals surface area contributed by atoms with Gasteiger partial charge in [-0.15, -0.1) is 0 Å². The second-order valence-corrected chi connectivity index (χ2v) is 4.96. The van der Waals surface area contributed by atoms with Gasteiger partial charge in [0, 0.05) is 5.92 Å². The predicted molar refractivity (Wildman–Crippen MR) is 74.8 cm³/mol. The molecule has 0 saturated heterocycles.